The number of phenolic OH excluding ortho intramolecular Hbond substituents is 3. The molecule has 1 atom stereocenters. The maximum absolute atomic E-state index is 13.1. The molecule has 0 aliphatic rings. The summed E-state index contributed by atoms with van der Waals surface area (Å²) in [6.45, 7) is 1.71. The molecule has 2 aromatic carbocycles. The molecule has 3 aromatic rings. The van der Waals surface area contributed by atoms with E-state index in [0.717, 1.165) is 6.07 Å². The highest BCUT2D eigenvalue weighted by Gasteiger charge is 2.27. The fourth-order valence-electron chi connectivity index (χ4n) is 2.79. The van der Waals surface area contributed by atoms with Gasteiger partial charge in [0.25, 0.3) is 0 Å². The Balaban J connectivity index is 2.24. The molecule has 0 saturated carbocycles. The number of nitrogens with two attached hydrogens (primary N) is 1. The molecule has 0 amide bonds. The van der Waals surface area contributed by atoms with E-state index in [-0.39, 0.29) is 51.8 Å². The van der Waals surface area contributed by atoms with Gasteiger partial charge in [-0.25, -0.2) is 0 Å². The van der Waals surface area contributed by atoms with Crippen molar-refractivity contribution in [3.8, 4) is 34.3 Å². The van der Waals surface area contributed by atoms with Crippen LogP contribution >= 0.6 is 7.60 Å². The summed E-state index contributed by atoms with van der Waals surface area (Å²) in [5.74, 6) is -1.58. The van der Waals surface area contributed by atoms with Crippen LogP contribution in [0.3, 0.4) is 0 Å². The van der Waals surface area contributed by atoms with Crippen LogP contribution in [-0.2, 0) is 13.6 Å². The molecule has 30 heavy (non-hydrogen) atoms. The summed E-state index contributed by atoms with van der Waals surface area (Å²) in [5.41, 5.74) is 5.25. The highest BCUT2D eigenvalue weighted by Crippen LogP contribution is 2.48. The normalized spacial score (nSPS) is 13.3. The fourth-order valence-corrected chi connectivity index (χ4v) is 3.75. The van der Waals surface area contributed by atoms with Gasteiger partial charge in [-0.3, -0.25) is 9.36 Å². The molecular formula is C19H20NO9P. The predicted octanol–water partition coefficient (Wildman–Crippen LogP) is 3.37. The van der Waals surface area contributed by atoms with Crippen LogP contribution in [0.25, 0.3) is 22.3 Å². The van der Waals surface area contributed by atoms with Crippen LogP contribution in [0.1, 0.15) is 6.92 Å². The minimum Gasteiger partial charge on any atom is -0.508 e. The predicted molar refractivity (Wildman–Crippen MR) is 109 cm³/mol. The van der Waals surface area contributed by atoms with E-state index >= 15 is 0 Å². The highest BCUT2D eigenvalue weighted by molar-refractivity contribution is 7.53. The lowest BCUT2D eigenvalue weighted by Crippen LogP contribution is -2.14. The zero-order valence-corrected chi connectivity index (χ0v) is 17.0. The summed E-state index contributed by atoms with van der Waals surface area (Å²) in [6.07, 6.45) is -0.595. The number of hydrogen-bond donors (Lipinski definition) is 4. The van der Waals surface area contributed by atoms with Crippen molar-refractivity contribution in [1.29, 1.82) is 0 Å². The summed E-state index contributed by atoms with van der Waals surface area (Å²) in [5, 5.41) is 29.1. The van der Waals surface area contributed by atoms with E-state index in [2.05, 4.69) is 0 Å². The number of ether oxygens (including phenoxy) is 1. The molecule has 11 heteroatoms. The fraction of sp³-hybridized carbons (Fsp3) is 0.211. The smallest absolute Gasteiger partial charge is 0.367 e. The molecule has 1 heterocycles. The monoisotopic (exact) mass is 437 g/mol. The van der Waals surface area contributed by atoms with E-state index < -0.39 is 25.1 Å². The molecule has 0 saturated heterocycles. The van der Waals surface area contributed by atoms with Gasteiger partial charge in [-0.2, -0.15) is 0 Å². The number of fused-ring (bicyclic) bond motifs is 1. The number of benzene rings is 2. The Labute approximate surface area is 170 Å². The summed E-state index contributed by atoms with van der Waals surface area (Å²) in [6, 6.07) is 6.08. The largest absolute Gasteiger partial charge is 0.508 e. The number of rotatable bonds is 7. The van der Waals surface area contributed by atoms with Crippen LogP contribution in [-0.4, -0.2) is 35.4 Å². The lowest BCUT2D eigenvalue weighted by Gasteiger charge is -2.17. The Kier molecular flexibility index (Phi) is 5.93. The molecule has 1 unspecified atom stereocenters. The first-order valence-electron chi connectivity index (χ1n) is 8.73. The van der Waals surface area contributed by atoms with Crippen molar-refractivity contribution in [3.63, 3.8) is 0 Å². The Bertz CT molecular complexity index is 1200. The highest BCUT2D eigenvalue weighted by atomic mass is 31.2. The van der Waals surface area contributed by atoms with E-state index in [1.165, 1.54) is 31.4 Å². The van der Waals surface area contributed by atoms with Crippen LogP contribution < -0.4 is 15.9 Å². The topological polar surface area (TPSA) is 162 Å². The van der Waals surface area contributed by atoms with E-state index in [1.807, 2.05) is 0 Å². The Morgan fingerprint density at radius 1 is 1.13 bits per heavy atom. The molecule has 0 spiro atoms. The SMILES string of the molecule is CCOP(=O)(COc1c(-c2ccc(O)c(O)c2)oc2cc(O)cc(N)c2c1=O)OC. The average Bonchev–Trinajstić information content (AvgIpc) is 2.68. The van der Waals surface area contributed by atoms with E-state index in [1.54, 1.807) is 6.92 Å². The quantitative estimate of drug-likeness (QED) is 0.245. The third-order valence-corrected chi connectivity index (χ3v) is 5.83. The first kappa shape index (κ1) is 21.5. The first-order valence-corrected chi connectivity index (χ1v) is 10.5. The van der Waals surface area contributed by atoms with E-state index in [9.17, 15) is 24.7 Å². The van der Waals surface area contributed by atoms with Crippen LogP contribution in [0.15, 0.2) is 39.5 Å². The van der Waals surface area contributed by atoms with Crippen LogP contribution in [0.4, 0.5) is 5.69 Å². The van der Waals surface area contributed by atoms with Gasteiger partial charge in [0.2, 0.25) is 11.2 Å². The number of nitrogen functional groups attached to an aromatic ring is 1. The third-order valence-electron chi connectivity index (χ3n) is 4.18. The molecule has 0 aliphatic heterocycles. The van der Waals surface area contributed by atoms with Gasteiger partial charge in [0.1, 0.15) is 11.3 Å². The van der Waals surface area contributed by atoms with Crippen molar-refractivity contribution < 1.29 is 38.1 Å². The average molecular weight is 437 g/mol. The lowest BCUT2D eigenvalue weighted by atomic mass is 10.1. The van der Waals surface area contributed by atoms with Crippen molar-refractivity contribution >= 4 is 24.3 Å². The second-order valence-electron chi connectivity index (χ2n) is 6.19. The zero-order chi connectivity index (χ0) is 22.1. The van der Waals surface area contributed by atoms with Gasteiger partial charge in [0, 0.05) is 24.8 Å². The van der Waals surface area contributed by atoms with Gasteiger partial charge in [-0.1, -0.05) is 0 Å². The van der Waals surface area contributed by atoms with E-state index in [4.69, 9.17) is 23.9 Å². The summed E-state index contributed by atoms with van der Waals surface area (Å²) in [4.78, 5) is 13.1. The minimum atomic E-state index is -3.66. The molecule has 0 bridgehead atoms. The molecule has 0 aliphatic carbocycles. The van der Waals surface area contributed by atoms with Crippen molar-refractivity contribution in [1.82, 2.24) is 0 Å². The van der Waals surface area contributed by atoms with Gasteiger partial charge < -0.3 is 39.3 Å². The zero-order valence-electron chi connectivity index (χ0n) is 16.1. The van der Waals surface area contributed by atoms with Crippen molar-refractivity contribution in [2.24, 2.45) is 0 Å². The van der Waals surface area contributed by atoms with Crippen LogP contribution in [0.5, 0.6) is 23.0 Å². The van der Waals surface area contributed by atoms with Gasteiger partial charge >= 0.3 is 7.60 Å². The lowest BCUT2D eigenvalue weighted by molar-refractivity contribution is 0.216. The van der Waals surface area contributed by atoms with Crippen molar-refractivity contribution in [2.75, 3.05) is 25.8 Å². The van der Waals surface area contributed by atoms with Gasteiger partial charge in [-0.15, -0.1) is 0 Å². The molecular weight excluding hydrogens is 417 g/mol. The molecule has 1 aromatic heterocycles. The maximum Gasteiger partial charge on any atom is 0.367 e. The Morgan fingerprint density at radius 3 is 2.50 bits per heavy atom. The van der Waals surface area contributed by atoms with E-state index in [0.29, 0.717) is 0 Å². The second-order valence-corrected chi connectivity index (χ2v) is 8.29. The molecule has 0 radical (unpaired) electrons. The number of aromatic hydroxyl groups is 3. The standard InChI is InChI=1S/C19H20NO9P/c1-3-28-30(25,26-2)9-27-19-17(24)16-12(20)7-11(21)8-15(16)29-18(19)10-4-5-13(22)14(23)6-10/h4-8,21-23H,3,9,20H2,1-2H3. The third kappa shape index (κ3) is 4.06. The van der Waals surface area contributed by atoms with Gasteiger partial charge in [0.05, 0.1) is 17.7 Å². The molecule has 3 rings (SSSR count). The summed E-state index contributed by atoms with van der Waals surface area (Å²) < 4.78 is 33.8. The number of phenols is 3. The van der Waals surface area contributed by atoms with Gasteiger partial charge in [0.15, 0.2) is 23.6 Å². The summed E-state index contributed by atoms with van der Waals surface area (Å²) in [7, 11) is -2.47. The minimum absolute atomic E-state index is 0.0350. The molecule has 0 fully saturated rings. The van der Waals surface area contributed by atoms with Crippen molar-refractivity contribution in [3.05, 3.63) is 40.6 Å². The molecule has 10 nitrogen and oxygen atoms in total. The molecule has 5 N–H and O–H groups in total. The maximum atomic E-state index is 13.1. The number of hydrogen-bond acceptors (Lipinski definition) is 10. The first-order chi connectivity index (χ1) is 14.2. The van der Waals surface area contributed by atoms with Crippen molar-refractivity contribution in [2.45, 2.75) is 6.92 Å². The summed E-state index contributed by atoms with van der Waals surface area (Å²) >= 11 is 0. The Morgan fingerprint density at radius 2 is 1.87 bits per heavy atom. The number of anilines is 1. The van der Waals surface area contributed by atoms with Gasteiger partial charge in [-0.05, 0) is 25.1 Å². The van der Waals surface area contributed by atoms with Crippen LogP contribution in [0.2, 0.25) is 0 Å². The molecule has 160 valence electrons. The van der Waals surface area contributed by atoms with Crippen LogP contribution in [0, 0.1) is 0 Å². The Hall–Kier alpha value is -3.20. The second kappa shape index (κ2) is 8.27.